The number of nitriles is 1. The van der Waals surface area contributed by atoms with Gasteiger partial charge in [0.25, 0.3) is 0 Å². The molecule has 2 aromatic carbocycles. The number of ether oxygens (including phenoxy) is 2. The summed E-state index contributed by atoms with van der Waals surface area (Å²) in [5.74, 6) is 1.00. The largest absolute Gasteiger partial charge is 0.495 e. The van der Waals surface area contributed by atoms with Crippen LogP contribution in [0.1, 0.15) is 18.9 Å². The predicted octanol–water partition coefficient (Wildman–Crippen LogP) is 2.12. The Hall–Kier alpha value is -4.54. The Morgan fingerprint density at radius 1 is 1.09 bits per heavy atom. The Kier molecular flexibility index (Phi) is 8.89. The van der Waals surface area contributed by atoms with E-state index in [1.165, 1.54) is 4.90 Å². The molecule has 226 valence electrons. The van der Waals surface area contributed by atoms with Crippen molar-refractivity contribution in [3.05, 3.63) is 42.0 Å². The van der Waals surface area contributed by atoms with E-state index in [2.05, 4.69) is 44.8 Å². The lowest BCUT2D eigenvalue weighted by molar-refractivity contribution is -0.138. The highest BCUT2D eigenvalue weighted by Gasteiger charge is 2.33. The third-order valence-corrected chi connectivity index (χ3v) is 7.84. The van der Waals surface area contributed by atoms with Crippen molar-refractivity contribution in [2.45, 2.75) is 31.7 Å². The third-order valence-electron chi connectivity index (χ3n) is 7.84. The number of hydrogen-bond acceptors (Lipinski definition) is 11. The first-order valence-corrected chi connectivity index (χ1v) is 14.1. The summed E-state index contributed by atoms with van der Waals surface area (Å²) in [6.07, 6.45) is -2.08. The fraction of sp³-hybridized carbons (Fsp3) is 0.433. The van der Waals surface area contributed by atoms with Gasteiger partial charge >= 0.3 is 0 Å². The molecule has 13 heteroatoms. The molecule has 2 aliphatic rings. The van der Waals surface area contributed by atoms with Gasteiger partial charge in [0.15, 0.2) is 17.8 Å². The number of aliphatic hydroxyl groups excluding tert-OH is 1. The second kappa shape index (κ2) is 12.8. The highest BCUT2D eigenvalue weighted by molar-refractivity contribution is 5.77. The van der Waals surface area contributed by atoms with Crippen molar-refractivity contribution in [3.8, 4) is 40.3 Å². The molecule has 2 aliphatic heterocycles. The topological polar surface area (TPSA) is 154 Å². The fourth-order valence-corrected chi connectivity index (χ4v) is 5.57. The number of piperidine rings is 1. The minimum absolute atomic E-state index is 0.0130. The summed E-state index contributed by atoms with van der Waals surface area (Å²) in [5.41, 5.74) is 8.45. The molecule has 0 bridgehead atoms. The first kappa shape index (κ1) is 29.9. The summed E-state index contributed by atoms with van der Waals surface area (Å²) >= 11 is 0. The Balaban J connectivity index is 1.38. The van der Waals surface area contributed by atoms with Gasteiger partial charge in [0, 0.05) is 49.8 Å². The number of likely N-dealkylation sites (N-methyl/N-ethyl adjacent to an activating group) is 1. The zero-order valence-electron chi connectivity index (χ0n) is 24.4. The number of nitrogens with two attached hydrogens (primary N) is 1. The number of carbonyl (C=O) groups is 1. The van der Waals surface area contributed by atoms with E-state index in [0.29, 0.717) is 28.7 Å². The number of carbonyl (C=O) groups excluding carboxylic acids is 1. The number of nitrogen functional groups attached to an aromatic ring is 1. The van der Waals surface area contributed by atoms with Crippen LogP contribution in [0.3, 0.4) is 0 Å². The lowest BCUT2D eigenvalue weighted by Crippen LogP contribution is -2.50. The van der Waals surface area contributed by atoms with Gasteiger partial charge in [-0.05, 0) is 50.4 Å². The van der Waals surface area contributed by atoms with E-state index < -0.39 is 24.8 Å². The summed E-state index contributed by atoms with van der Waals surface area (Å²) < 4.78 is 26.4. The molecule has 3 atom stereocenters. The van der Waals surface area contributed by atoms with Gasteiger partial charge in [-0.15, -0.1) is 0 Å². The Bertz CT molecular complexity index is 1530. The molecule has 1 aromatic heterocycles. The summed E-state index contributed by atoms with van der Waals surface area (Å²) in [7, 11) is 3.75. The highest BCUT2D eigenvalue weighted by Crippen LogP contribution is 2.35. The molecular formula is C30H35FN8O4. The van der Waals surface area contributed by atoms with Crippen LogP contribution in [0.15, 0.2) is 36.4 Å². The number of benzene rings is 2. The van der Waals surface area contributed by atoms with Gasteiger partial charge in [-0.2, -0.15) is 15.2 Å². The van der Waals surface area contributed by atoms with E-state index in [4.69, 9.17) is 20.3 Å². The van der Waals surface area contributed by atoms with Crippen LogP contribution in [0.25, 0.3) is 22.8 Å². The quantitative estimate of drug-likeness (QED) is 0.416. The summed E-state index contributed by atoms with van der Waals surface area (Å²) in [6, 6.07) is 13.0. The number of piperazine rings is 1. The number of likely N-dealkylation sites (tertiary alicyclic amines) is 1. The molecule has 3 aromatic rings. The highest BCUT2D eigenvalue weighted by atomic mass is 19.1. The maximum Gasteiger partial charge on any atom is 0.248 e. The van der Waals surface area contributed by atoms with E-state index in [-0.39, 0.29) is 42.6 Å². The van der Waals surface area contributed by atoms with E-state index in [0.717, 1.165) is 25.3 Å². The molecule has 0 radical (unpaired) electrons. The number of anilines is 2. The van der Waals surface area contributed by atoms with Crippen molar-refractivity contribution in [1.82, 2.24) is 24.8 Å². The Morgan fingerprint density at radius 2 is 1.81 bits per heavy atom. The molecule has 0 spiro atoms. The maximum atomic E-state index is 14.8. The molecule has 43 heavy (non-hydrogen) atoms. The number of rotatable bonds is 7. The molecular weight excluding hydrogens is 555 g/mol. The van der Waals surface area contributed by atoms with Gasteiger partial charge in [-0.1, -0.05) is 0 Å². The van der Waals surface area contributed by atoms with Crippen molar-refractivity contribution < 1.29 is 23.8 Å². The van der Waals surface area contributed by atoms with Crippen LogP contribution in [0.4, 0.5) is 16.0 Å². The van der Waals surface area contributed by atoms with Gasteiger partial charge in [0.2, 0.25) is 11.9 Å². The van der Waals surface area contributed by atoms with Crippen LogP contribution < -0.4 is 20.1 Å². The molecule has 1 amide bonds. The van der Waals surface area contributed by atoms with Crippen molar-refractivity contribution in [2.24, 2.45) is 0 Å². The summed E-state index contributed by atoms with van der Waals surface area (Å²) in [5, 5.41) is 18.9. The number of hydrogen-bond donors (Lipinski definition) is 2. The molecule has 5 rings (SSSR count). The number of alkyl halides is 1. The molecule has 0 aliphatic carbocycles. The van der Waals surface area contributed by atoms with Crippen LogP contribution in [0, 0.1) is 11.3 Å². The van der Waals surface area contributed by atoms with Gasteiger partial charge in [-0.3, -0.25) is 4.79 Å². The molecule has 3 N–H and O–H groups in total. The van der Waals surface area contributed by atoms with Crippen LogP contribution in [0.2, 0.25) is 0 Å². The van der Waals surface area contributed by atoms with Crippen molar-refractivity contribution in [2.75, 3.05) is 64.1 Å². The Labute approximate surface area is 249 Å². The standard InChI is InChI=1S/C30H35FN8O4/c1-18-15-37(2)10-11-39(18)23-6-4-20(13-26(23)42-3)29-34-28(35-30(33)36-29)19-5-7-24(21(12-19)14-32)43-25-8-9-38(16-22(25)31)27(41)17-40/h4-7,12-13,18,22,25,40H,8-11,15-17H2,1-3H3,(H2,33,34,35,36)/t18?,22-,25+/m1/s1. The number of aliphatic hydroxyl groups is 1. The van der Waals surface area contributed by atoms with Gasteiger partial charge in [0.1, 0.15) is 30.3 Å². The van der Waals surface area contributed by atoms with E-state index in [9.17, 15) is 14.4 Å². The van der Waals surface area contributed by atoms with Gasteiger partial charge < -0.3 is 35.0 Å². The van der Waals surface area contributed by atoms with Gasteiger partial charge in [-0.25, -0.2) is 9.37 Å². The lowest BCUT2D eigenvalue weighted by atomic mass is 10.0. The molecule has 2 fully saturated rings. The average Bonchev–Trinajstić information content (AvgIpc) is 3.01. The molecule has 0 saturated carbocycles. The first-order chi connectivity index (χ1) is 20.7. The molecule has 2 saturated heterocycles. The summed E-state index contributed by atoms with van der Waals surface area (Å²) in [4.78, 5) is 30.9. The van der Waals surface area contributed by atoms with Crippen LogP contribution in [-0.2, 0) is 4.79 Å². The van der Waals surface area contributed by atoms with E-state index >= 15 is 0 Å². The number of nitrogens with zero attached hydrogens (tertiary/aromatic N) is 7. The normalized spacial score (nSPS) is 20.9. The van der Waals surface area contributed by atoms with Crippen molar-refractivity contribution in [3.63, 3.8) is 0 Å². The summed E-state index contributed by atoms with van der Waals surface area (Å²) in [6.45, 7) is 4.37. The van der Waals surface area contributed by atoms with Crippen molar-refractivity contribution >= 4 is 17.5 Å². The molecule has 3 heterocycles. The number of halogens is 1. The third kappa shape index (κ3) is 6.45. The fourth-order valence-electron chi connectivity index (χ4n) is 5.57. The number of methoxy groups -OCH3 is 1. The monoisotopic (exact) mass is 590 g/mol. The minimum atomic E-state index is -1.47. The number of aromatic nitrogens is 3. The maximum absolute atomic E-state index is 14.8. The predicted molar refractivity (Wildman–Crippen MR) is 158 cm³/mol. The first-order valence-electron chi connectivity index (χ1n) is 14.1. The Morgan fingerprint density at radius 3 is 2.47 bits per heavy atom. The average molecular weight is 591 g/mol. The zero-order valence-corrected chi connectivity index (χ0v) is 24.4. The number of amides is 1. The molecule has 1 unspecified atom stereocenters. The minimum Gasteiger partial charge on any atom is -0.495 e. The van der Waals surface area contributed by atoms with E-state index in [1.54, 1.807) is 25.3 Å². The van der Waals surface area contributed by atoms with Crippen LogP contribution in [0.5, 0.6) is 11.5 Å². The lowest BCUT2D eigenvalue weighted by Gasteiger charge is -2.40. The zero-order chi connectivity index (χ0) is 30.7. The van der Waals surface area contributed by atoms with Crippen LogP contribution in [-0.4, -0.2) is 108 Å². The van der Waals surface area contributed by atoms with Crippen LogP contribution >= 0.6 is 0 Å². The van der Waals surface area contributed by atoms with Crippen molar-refractivity contribution in [1.29, 1.82) is 5.26 Å². The second-order valence-electron chi connectivity index (χ2n) is 10.8. The molecule has 12 nitrogen and oxygen atoms in total. The SMILES string of the molecule is COc1cc(-c2nc(N)nc(-c3ccc(O[C@H]4CCN(C(=O)CO)C[C@H]4F)c(C#N)c3)n2)ccc1N1CCN(C)CC1C. The van der Waals surface area contributed by atoms with E-state index in [1.807, 2.05) is 18.2 Å². The smallest absolute Gasteiger partial charge is 0.248 e. The second-order valence-corrected chi connectivity index (χ2v) is 10.8. The van der Waals surface area contributed by atoms with Gasteiger partial charge in [0.05, 0.1) is 24.9 Å².